The molecule has 0 heterocycles. The standard InChI is InChI=1S/C18H20N2O5S/c1-13(26-17-9-3-14(4-10-17)20(22)23)18(21)19-11-12-25-16-7-5-15(24-2)6-8-16/h3-10,13H,11-12H2,1-2H3,(H,19,21). The van der Waals surface area contributed by atoms with E-state index in [1.807, 2.05) is 0 Å². The third-order valence-electron chi connectivity index (χ3n) is 3.46. The lowest BCUT2D eigenvalue weighted by Crippen LogP contribution is -2.33. The van der Waals surface area contributed by atoms with Crippen molar-refractivity contribution in [2.24, 2.45) is 0 Å². The van der Waals surface area contributed by atoms with Crippen molar-refractivity contribution in [3.8, 4) is 11.5 Å². The smallest absolute Gasteiger partial charge is 0.269 e. The van der Waals surface area contributed by atoms with Gasteiger partial charge < -0.3 is 14.8 Å². The zero-order chi connectivity index (χ0) is 18.9. The van der Waals surface area contributed by atoms with Gasteiger partial charge in [0.05, 0.1) is 23.8 Å². The molecule has 138 valence electrons. The van der Waals surface area contributed by atoms with Crippen molar-refractivity contribution in [2.45, 2.75) is 17.1 Å². The first-order valence-corrected chi connectivity index (χ1v) is 8.83. The van der Waals surface area contributed by atoms with E-state index in [0.29, 0.717) is 18.9 Å². The first-order chi connectivity index (χ1) is 12.5. The Morgan fingerprint density at radius 1 is 1.15 bits per heavy atom. The summed E-state index contributed by atoms with van der Waals surface area (Å²) in [4.78, 5) is 23.1. The van der Waals surface area contributed by atoms with Gasteiger partial charge in [0, 0.05) is 17.0 Å². The lowest BCUT2D eigenvalue weighted by molar-refractivity contribution is -0.384. The van der Waals surface area contributed by atoms with Crippen LogP contribution in [0.15, 0.2) is 53.4 Å². The van der Waals surface area contributed by atoms with E-state index in [1.165, 1.54) is 23.9 Å². The van der Waals surface area contributed by atoms with Crippen molar-refractivity contribution in [1.29, 1.82) is 0 Å². The summed E-state index contributed by atoms with van der Waals surface area (Å²) in [5, 5.41) is 13.1. The molecule has 1 unspecified atom stereocenters. The minimum absolute atomic E-state index is 0.0298. The number of nitrogens with one attached hydrogen (secondary N) is 1. The van der Waals surface area contributed by atoms with E-state index in [9.17, 15) is 14.9 Å². The van der Waals surface area contributed by atoms with Gasteiger partial charge in [-0.2, -0.15) is 0 Å². The average molecular weight is 376 g/mol. The van der Waals surface area contributed by atoms with Gasteiger partial charge in [-0.25, -0.2) is 0 Å². The van der Waals surface area contributed by atoms with Gasteiger partial charge in [-0.05, 0) is 43.3 Å². The van der Waals surface area contributed by atoms with E-state index < -0.39 is 4.92 Å². The van der Waals surface area contributed by atoms with E-state index in [1.54, 1.807) is 50.4 Å². The van der Waals surface area contributed by atoms with Gasteiger partial charge in [0.15, 0.2) is 0 Å². The number of hydrogen-bond donors (Lipinski definition) is 1. The van der Waals surface area contributed by atoms with E-state index in [0.717, 1.165) is 10.6 Å². The van der Waals surface area contributed by atoms with Crippen molar-refractivity contribution in [1.82, 2.24) is 5.32 Å². The SMILES string of the molecule is COc1ccc(OCCNC(=O)C(C)Sc2ccc([N+](=O)[O-])cc2)cc1. The van der Waals surface area contributed by atoms with Crippen molar-refractivity contribution in [2.75, 3.05) is 20.3 Å². The van der Waals surface area contributed by atoms with E-state index in [2.05, 4.69) is 5.32 Å². The zero-order valence-corrected chi connectivity index (χ0v) is 15.3. The van der Waals surface area contributed by atoms with Gasteiger partial charge in [-0.1, -0.05) is 0 Å². The number of carbonyl (C=O) groups is 1. The molecule has 0 fully saturated rings. The Morgan fingerprint density at radius 3 is 2.35 bits per heavy atom. The highest BCUT2D eigenvalue weighted by Gasteiger charge is 2.14. The summed E-state index contributed by atoms with van der Waals surface area (Å²) in [6, 6.07) is 13.3. The Morgan fingerprint density at radius 2 is 1.77 bits per heavy atom. The number of ether oxygens (including phenoxy) is 2. The number of methoxy groups -OCH3 is 1. The molecule has 0 radical (unpaired) electrons. The van der Waals surface area contributed by atoms with Crippen LogP contribution in [0.2, 0.25) is 0 Å². The molecule has 0 saturated heterocycles. The molecule has 8 heteroatoms. The Labute approximate surface area is 155 Å². The van der Waals surface area contributed by atoms with Crippen LogP contribution < -0.4 is 14.8 Å². The maximum Gasteiger partial charge on any atom is 0.269 e. The number of nitro benzene ring substituents is 1. The van der Waals surface area contributed by atoms with Crippen molar-refractivity contribution in [3.63, 3.8) is 0 Å². The third kappa shape index (κ3) is 5.96. The number of nitrogens with zero attached hydrogens (tertiary/aromatic N) is 1. The van der Waals surface area contributed by atoms with E-state index >= 15 is 0 Å². The summed E-state index contributed by atoms with van der Waals surface area (Å²) in [6.07, 6.45) is 0. The third-order valence-corrected chi connectivity index (χ3v) is 4.57. The summed E-state index contributed by atoms with van der Waals surface area (Å²) in [5.41, 5.74) is 0.0298. The maximum atomic E-state index is 12.1. The molecule has 7 nitrogen and oxygen atoms in total. The lowest BCUT2D eigenvalue weighted by atomic mass is 10.3. The first-order valence-electron chi connectivity index (χ1n) is 7.95. The monoisotopic (exact) mass is 376 g/mol. The van der Waals surface area contributed by atoms with Crippen LogP contribution >= 0.6 is 11.8 Å². The second kappa shape index (κ2) is 9.67. The van der Waals surface area contributed by atoms with Gasteiger partial charge in [-0.3, -0.25) is 14.9 Å². The summed E-state index contributed by atoms with van der Waals surface area (Å²) in [6.45, 7) is 2.52. The van der Waals surface area contributed by atoms with E-state index in [-0.39, 0.29) is 16.8 Å². The van der Waals surface area contributed by atoms with Crippen LogP contribution in [0.4, 0.5) is 5.69 Å². The summed E-state index contributed by atoms with van der Waals surface area (Å²) in [7, 11) is 1.60. The van der Waals surface area contributed by atoms with Gasteiger partial charge in [0.25, 0.3) is 5.69 Å². The molecule has 0 spiro atoms. The fraction of sp³-hybridized carbons (Fsp3) is 0.278. The number of amides is 1. The highest BCUT2D eigenvalue weighted by atomic mass is 32.2. The molecule has 0 aliphatic heterocycles. The molecule has 1 atom stereocenters. The molecule has 2 aromatic carbocycles. The first kappa shape index (κ1) is 19.6. The molecule has 0 aliphatic carbocycles. The minimum Gasteiger partial charge on any atom is -0.497 e. The highest BCUT2D eigenvalue weighted by Crippen LogP contribution is 2.25. The molecule has 1 N–H and O–H groups in total. The minimum atomic E-state index is -0.451. The molecular formula is C18H20N2O5S. The number of carbonyl (C=O) groups excluding carboxylic acids is 1. The second-order valence-electron chi connectivity index (χ2n) is 5.33. The average Bonchev–Trinajstić information content (AvgIpc) is 2.66. The van der Waals surface area contributed by atoms with Crippen molar-refractivity contribution in [3.05, 3.63) is 58.6 Å². The molecule has 2 rings (SSSR count). The summed E-state index contributed by atoms with van der Waals surface area (Å²) >= 11 is 1.34. The van der Waals surface area contributed by atoms with Gasteiger partial charge in [0.1, 0.15) is 18.1 Å². The van der Waals surface area contributed by atoms with Crippen LogP contribution in [0.5, 0.6) is 11.5 Å². The summed E-state index contributed by atoms with van der Waals surface area (Å²) < 4.78 is 10.6. The topological polar surface area (TPSA) is 90.7 Å². The number of thioether (sulfide) groups is 1. The van der Waals surface area contributed by atoms with Gasteiger partial charge >= 0.3 is 0 Å². The predicted molar refractivity (Wildman–Crippen MR) is 99.9 cm³/mol. The molecule has 0 aliphatic rings. The van der Waals surface area contributed by atoms with Crippen LogP contribution in [0.25, 0.3) is 0 Å². The second-order valence-corrected chi connectivity index (χ2v) is 6.74. The predicted octanol–water partition coefficient (Wildman–Crippen LogP) is 3.28. The molecule has 0 aromatic heterocycles. The normalized spacial score (nSPS) is 11.5. The fourth-order valence-electron chi connectivity index (χ4n) is 2.06. The van der Waals surface area contributed by atoms with E-state index in [4.69, 9.17) is 9.47 Å². The molecule has 1 amide bonds. The molecule has 26 heavy (non-hydrogen) atoms. The van der Waals surface area contributed by atoms with Crippen LogP contribution in [-0.4, -0.2) is 36.3 Å². The Balaban J connectivity index is 1.71. The summed E-state index contributed by atoms with van der Waals surface area (Å²) in [5.74, 6) is 1.34. The van der Waals surface area contributed by atoms with Crippen LogP contribution in [0.1, 0.15) is 6.92 Å². The van der Waals surface area contributed by atoms with Crippen LogP contribution in [0.3, 0.4) is 0 Å². The fourth-order valence-corrected chi connectivity index (χ4v) is 2.95. The van der Waals surface area contributed by atoms with Gasteiger partial charge in [-0.15, -0.1) is 11.8 Å². The number of hydrogen-bond acceptors (Lipinski definition) is 6. The lowest BCUT2D eigenvalue weighted by Gasteiger charge is -2.12. The Kier molecular flexibility index (Phi) is 7.28. The van der Waals surface area contributed by atoms with Gasteiger partial charge in [0.2, 0.25) is 5.91 Å². The van der Waals surface area contributed by atoms with Crippen molar-refractivity contribution >= 4 is 23.4 Å². The zero-order valence-electron chi connectivity index (χ0n) is 14.5. The maximum absolute atomic E-state index is 12.1. The number of benzene rings is 2. The molecular weight excluding hydrogens is 356 g/mol. The number of non-ortho nitro benzene ring substituents is 1. The largest absolute Gasteiger partial charge is 0.497 e. The van der Waals surface area contributed by atoms with Crippen molar-refractivity contribution < 1.29 is 19.2 Å². The number of rotatable bonds is 9. The van der Waals surface area contributed by atoms with Crippen LogP contribution in [-0.2, 0) is 4.79 Å². The van der Waals surface area contributed by atoms with Crippen LogP contribution in [0, 0.1) is 10.1 Å². The highest BCUT2D eigenvalue weighted by molar-refractivity contribution is 8.00. The quantitative estimate of drug-likeness (QED) is 0.313. The Bertz CT molecular complexity index is 734. The molecule has 2 aromatic rings. The molecule has 0 saturated carbocycles. The Hall–Kier alpha value is -2.74. The molecule has 0 bridgehead atoms. The number of nitro groups is 1.